The first-order valence-electron chi connectivity index (χ1n) is 11.2. The molecule has 2 fully saturated rings. The highest BCUT2D eigenvalue weighted by Gasteiger charge is 2.57. The molecule has 2 aliphatic carbocycles. The number of alkyl halides is 4. The minimum absolute atomic E-state index is 0.0223. The molecule has 3 aromatic rings. The van der Waals surface area contributed by atoms with Gasteiger partial charge in [-0.1, -0.05) is 6.92 Å². The van der Waals surface area contributed by atoms with E-state index in [-0.39, 0.29) is 49.6 Å². The molecule has 2 saturated carbocycles. The fraction of sp³-hybridized carbons (Fsp3) is 0.478. The summed E-state index contributed by atoms with van der Waals surface area (Å²) in [6, 6.07) is 2.36. The number of rotatable bonds is 4. The molecule has 0 bridgehead atoms. The van der Waals surface area contributed by atoms with Gasteiger partial charge in [-0.25, -0.2) is 17.6 Å². The molecule has 0 saturated heterocycles. The number of halogens is 5. The number of H-pyrrole nitrogens is 1. The van der Waals surface area contributed by atoms with Crippen molar-refractivity contribution in [1.29, 1.82) is 0 Å². The van der Waals surface area contributed by atoms with Gasteiger partial charge in [0.2, 0.25) is 11.8 Å². The van der Waals surface area contributed by atoms with Gasteiger partial charge in [-0.15, -0.1) is 0 Å². The number of nitrogens with one attached hydrogen (secondary N) is 1. The quantitative estimate of drug-likeness (QED) is 0.437. The molecule has 3 aromatic heterocycles. The largest absolute Gasteiger partial charge is 0.364 e. The van der Waals surface area contributed by atoms with E-state index >= 15 is 0 Å². The Labute approximate surface area is 205 Å². The van der Waals surface area contributed by atoms with E-state index in [1.165, 1.54) is 18.3 Å². The zero-order valence-corrected chi connectivity index (χ0v) is 20.3. The molecule has 0 atom stereocenters. The van der Waals surface area contributed by atoms with Crippen molar-refractivity contribution in [2.24, 2.45) is 5.73 Å². The van der Waals surface area contributed by atoms with Gasteiger partial charge < -0.3 is 10.7 Å². The fourth-order valence-electron chi connectivity index (χ4n) is 5.35. The van der Waals surface area contributed by atoms with Gasteiger partial charge in [0.05, 0.1) is 38.5 Å². The highest BCUT2D eigenvalue weighted by atomic mass is 79.9. The van der Waals surface area contributed by atoms with E-state index in [1.54, 1.807) is 11.6 Å². The van der Waals surface area contributed by atoms with Gasteiger partial charge in [-0.05, 0) is 34.8 Å². The minimum atomic E-state index is -2.81. The Morgan fingerprint density at radius 2 is 1.86 bits per heavy atom. The number of amides is 1. The van der Waals surface area contributed by atoms with Crippen molar-refractivity contribution in [2.75, 3.05) is 0 Å². The Morgan fingerprint density at radius 3 is 2.46 bits per heavy atom. The van der Waals surface area contributed by atoms with Gasteiger partial charge in [-0.3, -0.25) is 19.3 Å². The summed E-state index contributed by atoms with van der Waals surface area (Å²) in [5, 5.41) is 4.68. The average molecular weight is 556 g/mol. The van der Waals surface area contributed by atoms with Crippen molar-refractivity contribution in [3.8, 4) is 11.4 Å². The second-order valence-corrected chi connectivity index (χ2v) is 10.6. The summed E-state index contributed by atoms with van der Waals surface area (Å²) in [6.45, 7) is 1.69. The van der Waals surface area contributed by atoms with Crippen LogP contribution in [0.3, 0.4) is 0 Å². The zero-order chi connectivity index (χ0) is 25.3. The van der Waals surface area contributed by atoms with Gasteiger partial charge >= 0.3 is 0 Å². The molecule has 3 heterocycles. The van der Waals surface area contributed by atoms with Crippen LogP contribution in [0.4, 0.5) is 17.6 Å². The van der Waals surface area contributed by atoms with Crippen LogP contribution in [0.25, 0.3) is 22.3 Å². The van der Waals surface area contributed by atoms with Crippen molar-refractivity contribution < 1.29 is 22.4 Å². The molecule has 12 heteroatoms. The lowest BCUT2D eigenvalue weighted by atomic mass is 9.65. The van der Waals surface area contributed by atoms with Crippen molar-refractivity contribution in [3.05, 3.63) is 44.4 Å². The third-order valence-corrected chi connectivity index (χ3v) is 7.74. The molecular weight excluding hydrogens is 534 g/mol. The first-order valence-corrected chi connectivity index (χ1v) is 12.0. The van der Waals surface area contributed by atoms with Crippen LogP contribution in [0.5, 0.6) is 0 Å². The molecule has 186 valence electrons. The summed E-state index contributed by atoms with van der Waals surface area (Å²) in [6.07, 6.45) is 0.213. The predicted molar refractivity (Wildman–Crippen MR) is 124 cm³/mol. The normalized spacial score (nSPS) is 21.1. The SMILES string of the molecule is CC1(c2nn(C3CCC(F)(F)CC3)c(-c3cc(=O)c4c(C(N)=O)nccc4[nH]3)c2Br)CC(F)(F)C1. The van der Waals surface area contributed by atoms with E-state index in [9.17, 15) is 27.2 Å². The molecular formula is C23H22BrF4N5O2. The van der Waals surface area contributed by atoms with Gasteiger partial charge in [0.1, 0.15) is 5.69 Å². The maximum atomic E-state index is 13.9. The van der Waals surface area contributed by atoms with Crippen molar-refractivity contribution in [3.63, 3.8) is 0 Å². The van der Waals surface area contributed by atoms with Crippen LogP contribution in [-0.2, 0) is 5.41 Å². The van der Waals surface area contributed by atoms with E-state index in [0.717, 1.165) is 0 Å². The van der Waals surface area contributed by atoms with E-state index in [2.05, 4.69) is 31.0 Å². The molecule has 0 radical (unpaired) electrons. The van der Waals surface area contributed by atoms with Crippen LogP contribution in [0, 0.1) is 0 Å². The Morgan fingerprint density at radius 1 is 1.20 bits per heavy atom. The number of hydrogen-bond donors (Lipinski definition) is 2. The summed E-state index contributed by atoms with van der Waals surface area (Å²) in [5.74, 6) is -6.42. The lowest BCUT2D eigenvalue weighted by molar-refractivity contribution is -0.122. The number of pyridine rings is 2. The average Bonchev–Trinajstić information content (AvgIpc) is 3.09. The first-order chi connectivity index (χ1) is 16.3. The zero-order valence-electron chi connectivity index (χ0n) is 18.7. The monoisotopic (exact) mass is 555 g/mol. The molecule has 0 spiro atoms. The van der Waals surface area contributed by atoms with Crippen molar-refractivity contribution >= 4 is 32.7 Å². The van der Waals surface area contributed by atoms with Crippen LogP contribution in [0.1, 0.15) is 67.7 Å². The highest BCUT2D eigenvalue weighted by Crippen LogP contribution is 2.55. The third-order valence-electron chi connectivity index (χ3n) is 6.99. The predicted octanol–water partition coefficient (Wildman–Crippen LogP) is 5.09. The summed E-state index contributed by atoms with van der Waals surface area (Å²) >= 11 is 3.52. The Balaban J connectivity index is 1.69. The number of carbonyl (C=O) groups is 1. The topological polar surface area (TPSA) is 107 Å². The number of aromatic nitrogens is 4. The van der Waals surface area contributed by atoms with Gasteiger partial charge in [-0.2, -0.15) is 5.10 Å². The number of fused-ring (bicyclic) bond motifs is 1. The lowest BCUT2D eigenvalue weighted by Gasteiger charge is -2.43. The van der Waals surface area contributed by atoms with Crippen LogP contribution in [0.15, 0.2) is 27.6 Å². The summed E-state index contributed by atoms with van der Waals surface area (Å²) in [7, 11) is 0. The van der Waals surface area contributed by atoms with Gasteiger partial charge in [0, 0.05) is 43.4 Å². The number of hydrogen-bond acceptors (Lipinski definition) is 4. The second-order valence-electron chi connectivity index (χ2n) is 9.81. The number of primary amides is 1. The number of nitrogens with zero attached hydrogens (tertiary/aromatic N) is 3. The minimum Gasteiger partial charge on any atom is -0.364 e. The molecule has 0 aliphatic heterocycles. The van der Waals surface area contributed by atoms with Crippen LogP contribution < -0.4 is 11.2 Å². The third kappa shape index (κ3) is 4.05. The summed E-state index contributed by atoms with van der Waals surface area (Å²) in [5.41, 5.74) is 5.15. The molecule has 2 aliphatic rings. The maximum Gasteiger partial charge on any atom is 0.268 e. The van der Waals surface area contributed by atoms with Crippen LogP contribution in [-0.4, -0.2) is 37.5 Å². The van der Waals surface area contributed by atoms with E-state index < -0.39 is 34.6 Å². The smallest absolute Gasteiger partial charge is 0.268 e. The highest BCUT2D eigenvalue weighted by molar-refractivity contribution is 9.10. The fourth-order valence-corrected chi connectivity index (χ4v) is 6.30. The molecule has 35 heavy (non-hydrogen) atoms. The van der Waals surface area contributed by atoms with E-state index in [0.29, 0.717) is 27.1 Å². The molecule has 3 N–H and O–H groups in total. The standard InChI is InChI=1S/C23H22BrF4N5O2/c1-21(9-23(27,28)10-21)19-16(24)18(33(32-19)11-2-5-22(25,26)6-3-11)13-8-14(34)15-12(31-13)4-7-30-17(15)20(29)35/h4,7-8,11H,2-3,5-6,9-10H2,1H3,(H2,29,35)(H,31,34). The van der Waals surface area contributed by atoms with Crippen molar-refractivity contribution in [2.45, 2.75) is 68.8 Å². The molecule has 1 amide bonds. The van der Waals surface area contributed by atoms with Crippen LogP contribution >= 0.6 is 15.9 Å². The van der Waals surface area contributed by atoms with Crippen LogP contribution in [0.2, 0.25) is 0 Å². The van der Waals surface area contributed by atoms with Gasteiger partial charge in [0.15, 0.2) is 5.43 Å². The van der Waals surface area contributed by atoms with E-state index in [1.807, 2.05) is 0 Å². The second kappa shape index (κ2) is 7.87. The molecule has 0 unspecified atom stereocenters. The van der Waals surface area contributed by atoms with E-state index in [4.69, 9.17) is 5.73 Å². The first kappa shape index (κ1) is 24.0. The van der Waals surface area contributed by atoms with Crippen molar-refractivity contribution in [1.82, 2.24) is 19.7 Å². The number of nitrogens with two attached hydrogens (primary N) is 1. The number of aromatic amines is 1. The Hall–Kier alpha value is -2.76. The Bertz CT molecular complexity index is 1400. The maximum absolute atomic E-state index is 13.9. The number of carbonyl (C=O) groups excluding carboxylic acids is 1. The molecule has 5 rings (SSSR count). The van der Waals surface area contributed by atoms with Gasteiger partial charge in [0.25, 0.3) is 5.91 Å². The Kier molecular flexibility index (Phi) is 5.39. The summed E-state index contributed by atoms with van der Waals surface area (Å²) < 4.78 is 57.4. The molecule has 0 aromatic carbocycles. The molecule has 7 nitrogen and oxygen atoms in total. The summed E-state index contributed by atoms with van der Waals surface area (Å²) in [4.78, 5) is 31.8. The lowest BCUT2D eigenvalue weighted by Crippen LogP contribution is -2.47.